The van der Waals surface area contributed by atoms with Crippen LogP contribution in [0.15, 0.2) is 6.20 Å². The number of aryl methyl sites for hydroxylation is 2. The third-order valence-electron chi connectivity index (χ3n) is 3.09. The van der Waals surface area contributed by atoms with E-state index in [9.17, 15) is 4.79 Å². The number of nitrogens with zero attached hydrogens (tertiary/aromatic N) is 3. The number of rotatable bonds is 5. The number of aromatic nitrogens is 2. The number of carbonyl (C=O) groups is 1. The Hall–Kier alpha value is -1.43. The van der Waals surface area contributed by atoms with Gasteiger partial charge in [0.15, 0.2) is 0 Å². The van der Waals surface area contributed by atoms with E-state index in [0.29, 0.717) is 29.6 Å². The molecule has 1 heterocycles. The van der Waals surface area contributed by atoms with Gasteiger partial charge < -0.3 is 10.6 Å². The lowest BCUT2D eigenvalue weighted by Crippen LogP contribution is -2.35. The molecule has 2 rings (SSSR count). The third-order valence-corrected chi connectivity index (χ3v) is 3.30. The first kappa shape index (κ1) is 13.0. The smallest absolute Gasteiger partial charge is 0.257 e. The molecule has 0 aliphatic heterocycles. The molecule has 18 heavy (non-hydrogen) atoms. The van der Waals surface area contributed by atoms with Crippen LogP contribution in [0, 0.1) is 6.92 Å². The number of amides is 1. The molecule has 6 heteroatoms. The van der Waals surface area contributed by atoms with Crippen LogP contribution in [0.2, 0.25) is 0 Å². The minimum Gasteiger partial charge on any atom is -0.393 e. The van der Waals surface area contributed by atoms with Crippen molar-refractivity contribution >= 4 is 23.1 Å². The van der Waals surface area contributed by atoms with E-state index in [1.54, 1.807) is 10.9 Å². The van der Waals surface area contributed by atoms with Crippen molar-refractivity contribution in [1.82, 2.24) is 14.7 Å². The summed E-state index contributed by atoms with van der Waals surface area (Å²) in [5.41, 5.74) is 6.95. The summed E-state index contributed by atoms with van der Waals surface area (Å²) in [6, 6.07) is 0.353. The minimum atomic E-state index is 0.0411. The maximum absolute atomic E-state index is 12.5. The van der Waals surface area contributed by atoms with Gasteiger partial charge in [0, 0.05) is 32.3 Å². The second kappa shape index (κ2) is 5.06. The lowest BCUT2D eigenvalue weighted by Gasteiger charge is -2.21. The molecule has 0 spiro atoms. The molecule has 1 amide bonds. The molecule has 1 aromatic rings. The zero-order chi connectivity index (χ0) is 13.3. The van der Waals surface area contributed by atoms with Crippen molar-refractivity contribution in [3.63, 3.8) is 0 Å². The maximum atomic E-state index is 12.5. The Bertz CT molecular complexity index is 478. The van der Waals surface area contributed by atoms with E-state index in [2.05, 4.69) is 5.10 Å². The Morgan fingerprint density at radius 1 is 1.67 bits per heavy atom. The summed E-state index contributed by atoms with van der Waals surface area (Å²) < 4.78 is 1.67. The fourth-order valence-electron chi connectivity index (χ4n) is 2.03. The van der Waals surface area contributed by atoms with Crippen molar-refractivity contribution in [1.29, 1.82) is 0 Å². The van der Waals surface area contributed by atoms with Gasteiger partial charge in [-0.25, -0.2) is 0 Å². The predicted molar refractivity (Wildman–Crippen MR) is 73.4 cm³/mol. The number of hydrogen-bond donors (Lipinski definition) is 1. The normalized spacial score (nSPS) is 14.6. The Morgan fingerprint density at radius 3 is 2.78 bits per heavy atom. The van der Waals surface area contributed by atoms with E-state index in [1.165, 1.54) is 0 Å². The van der Waals surface area contributed by atoms with Gasteiger partial charge >= 0.3 is 0 Å². The van der Waals surface area contributed by atoms with Gasteiger partial charge in [-0.3, -0.25) is 9.48 Å². The topological polar surface area (TPSA) is 64.2 Å². The fourth-order valence-corrected chi connectivity index (χ4v) is 2.12. The highest BCUT2D eigenvalue weighted by Crippen LogP contribution is 2.28. The van der Waals surface area contributed by atoms with Crippen molar-refractivity contribution < 1.29 is 4.79 Å². The van der Waals surface area contributed by atoms with E-state index in [0.717, 1.165) is 18.5 Å². The number of thiocarbonyl (C=S) groups is 1. The van der Waals surface area contributed by atoms with Crippen LogP contribution in [0.1, 0.15) is 35.3 Å². The van der Waals surface area contributed by atoms with Crippen LogP contribution < -0.4 is 5.73 Å². The summed E-state index contributed by atoms with van der Waals surface area (Å²) in [4.78, 5) is 14.8. The Balaban J connectivity index is 2.12. The van der Waals surface area contributed by atoms with E-state index < -0.39 is 0 Å². The molecule has 1 aromatic heterocycles. The molecule has 0 bridgehead atoms. The van der Waals surface area contributed by atoms with Crippen molar-refractivity contribution in [2.75, 3.05) is 6.54 Å². The van der Waals surface area contributed by atoms with Crippen LogP contribution >= 0.6 is 12.2 Å². The summed E-state index contributed by atoms with van der Waals surface area (Å²) in [5.74, 6) is 0.0411. The van der Waals surface area contributed by atoms with Crippen LogP contribution in [0.5, 0.6) is 0 Å². The average Bonchev–Trinajstić information content (AvgIpc) is 3.04. The summed E-state index contributed by atoms with van der Waals surface area (Å²) in [6.45, 7) is 2.46. The van der Waals surface area contributed by atoms with E-state index >= 15 is 0 Å². The van der Waals surface area contributed by atoms with Gasteiger partial charge in [-0.05, 0) is 19.8 Å². The first-order chi connectivity index (χ1) is 8.49. The standard InChI is InChI=1S/C12H18N4OS/c1-8-10(7-15(2)14-8)12(17)16(9-3-4-9)6-5-11(13)18/h7,9H,3-6H2,1-2H3,(H2,13,18). The molecule has 1 aliphatic carbocycles. The highest BCUT2D eigenvalue weighted by molar-refractivity contribution is 7.80. The molecule has 98 valence electrons. The second-order valence-corrected chi connectivity index (χ2v) is 5.27. The first-order valence-electron chi connectivity index (χ1n) is 6.08. The van der Waals surface area contributed by atoms with Crippen LogP contribution in [-0.4, -0.2) is 38.2 Å². The molecule has 1 saturated carbocycles. The van der Waals surface area contributed by atoms with E-state index in [-0.39, 0.29) is 5.91 Å². The van der Waals surface area contributed by atoms with Crippen LogP contribution in [0.4, 0.5) is 0 Å². The molecule has 1 aliphatic rings. The first-order valence-corrected chi connectivity index (χ1v) is 6.49. The lowest BCUT2D eigenvalue weighted by molar-refractivity contribution is 0.0747. The maximum Gasteiger partial charge on any atom is 0.257 e. The van der Waals surface area contributed by atoms with E-state index in [1.807, 2.05) is 18.9 Å². The van der Waals surface area contributed by atoms with Crippen molar-refractivity contribution in [2.45, 2.75) is 32.2 Å². The van der Waals surface area contributed by atoms with Crippen molar-refractivity contribution in [3.05, 3.63) is 17.5 Å². The highest BCUT2D eigenvalue weighted by atomic mass is 32.1. The van der Waals surface area contributed by atoms with Gasteiger partial charge in [-0.15, -0.1) is 0 Å². The van der Waals surface area contributed by atoms with Crippen LogP contribution in [0.25, 0.3) is 0 Å². The molecule has 0 aromatic carbocycles. The van der Waals surface area contributed by atoms with E-state index in [4.69, 9.17) is 18.0 Å². The molecule has 1 fully saturated rings. The van der Waals surface area contributed by atoms with Crippen molar-refractivity contribution in [3.8, 4) is 0 Å². The van der Waals surface area contributed by atoms with Gasteiger partial charge in [0.05, 0.1) is 16.2 Å². The summed E-state index contributed by atoms with van der Waals surface area (Å²) in [7, 11) is 1.82. The molecule has 0 unspecified atom stereocenters. The number of nitrogens with two attached hydrogens (primary N) is 1. The van der Waals surface area contributed by atoms with Gasteiger partial charge in [0.2, 0.25) is 0 Å². The third kappa shape index (κ3) is 2.87. The molecule has 0 saturated heterocycles. The van der Waals surface area contributed by atoms with Gasteiger partial charge in [0.1, 0.15) is 0 Å². The Labute approximate surface area is 112 Å². The predicted octanol–water partition coefficient (Wildman–Crippen LogP) is 1.01. The molecular weight excluding hydrogens is 248 g/mol. The molecular formula is C12H18N4OS. The zero-order valence-corrected chi connectivity index (χ0v) is 11.5. The number of carbonyl (C=O) groups excluding carboxylic acids is 1. The summed E-state index contributed by atoms with van der Waals surface area (Å²) >= 11 is 4.88. The SMILES string of the molecule is Cc1nn(C)cc1C(=O)N(CCC(N)=S)C1CC1. The van der Waals surface area contributed by atoms with Crippen molar-refractivity contribution in [2.24, 2.45) is 12.8 Å². The Morgan fingerprint density at radius 2 is 2.33 bits per heavy atom. The zero-order valence-electron chi connectivity index (χ0n) is 10.7. The highest BCUT2D eigenvalue weighted by Gasteiger charge is 2.33. The summed E-state index contributed by atoms with van der Waals surface area (Å²) in [5, 5.41) is 4.21. The van der Waals surface area contributed by atoms with Crippen LogP contribution in [0.3, 0.4) is 0 Å². The summed E-state index contributed by atoms with van der Waals surface area (Å²) in [6.07, 6.45) is 4.50. The minimum absolute atomic E-state index is 0.0411. The van der Waals surface area contributed by atoms with Gasteiger partial charge in [-0.2, -0.15) is 5.10 Å². The monoisotopic (exact) mass is 266 g/mol. The number of hydrogen-bond acceptors (Lipinski definition) is 3. The quantitative estimate of drug-likeness (QED) is 0.808. The van der Waals surface area contributed by atoms with Crippen LogP contribution in [-0.2, 0) is 7.05 Å². The Kier molecular flexibility index (Phi) is 3.65. The van der Waals surface area contributed by atoms with Gasteiger partial charge in [0.25, 0.3) is 5.91 Å². The molecule has 5 nitrogen and oxygen atoms in total. The second-order valence-electron chi connectivity index (χ2n) is 4.75. The lowest BCUT2D eigenvalue weighted by atomic mass is 10.2. The largest absolute Gasteiger partial charge is 0.393 e. The molecule has 0 atom stereocenters. The molecule has 0 radical (unpaired) electrons. The van der Waals surface area contributed by atoms with Gasteiger partial charge in [-0.1, -0.05) is 12.2 Å². The molecule has 2 N–H and O–H groups in total. The fraction of sp³-hybridized carbons (Fsp3) is 0.583. The average molecular weight is 266 g/mol.